The van der Waals surface area contributed by atoms with E-state index < -0.39 is 0 Å². The molecule has 1 aromatic carbocycles. The molecule has 0 aliphatic carbocycles. The molecule has 1 N–H and O–H groups in total. The summed E-state index contributed by atoms with van der Waals surface area (Å²) in [6.07, 6.45) is 3.23. The van der Waals surface area contributed by atoms with Gasteiger partial charge >= 0.3 is 0 Å². The summed E-state index contributed by atoms with van der Waals surface area (Å²) in [6.45, 7) is 6.64. The highest BCUT2D eigenvalue weighted by atomic mass is 16.3. The number of aromatic hydroxyl groups is 1. The maximum absolute atomic E-state index is 9.92. The smallest absolute Gasteiger partial charge is 0.141 e. The van der Waals surface area contributed by atoms with Gasteiger partial charge in [-0.25, -0.2) is 4.98 Å². The van der Waals surface area contributed by atoms with Crippen molar-refractivity contribution in [1.29, 1.82) is 0 Å². The second-order valence-corrected chi connectivity index (χ2v) is 4.89. The van der Waals surface area contributed by atoms with Crippen LogP contribution in [0.3, 0.4) is 0 Å². The number of nitrogens with zero attached hydrogens (tertiary/aromatic N) is 1. The predicted molar refractivity (Wildman–Crippen MR) is 76.0 cm³/mol. The highest BCUT2D eigenvalue weighted by molar-refractivity contribution is 5.84. The van der Waals surface area contributed by atoms with Crippen molar-refractivity contribution in [3.05, 3.63) is 36.0 Å². The summed E-state index contributed by atoms with van der Waals surface area (Å²) >= 11 is 0. The normalized spacial score (nSPS) is 11.9. The largest absolute Gasteiger partial charge is 0.506 e. The molecule has 0 saturated carbocycles. The maximum atomic E-state index is 9.92. The Kier molecular flexibility index (Phi) is 3.55. The van der Waals surface area contributed by atoms with E-state index >= 15 is 0 Å². The molecule has 0 aliphatic rings. The molecule has 18 heavy (non-hydrogen) atoms. The zero-order chi connectivity index (χ0) is 13.2. The van der Waals surface area contributed by atoms with Crippen LogP contribution in [-0.2, 0) is 5.41 Å². The molecule has 0 amide bonds. The summed E-state index contributed by atoms with van der Waals surface area (Å²) < 4.78 is 0. The van der Waals surface area contributed by atoms with Gasteiger partial charge in [-0.2, -0.15) is 0 Å². The van der Waals surface area contributed by atoms with Crippen molar-refractivity contribution < 1.29 is 5.11 Å². The number of benzene rings is 1. The molecule has 0 atom stereocenters. The summed E-state index contributed by atoms with van der Waals surface area (Å²) in [5, 5.41) is 10.9. The minimum Gasteiger partial charge on any atom is -0.506 e. The monoisotopic (exact) mass is 243 g/mol. The molecule has 96 valence electrons. The molecule has 0 fully saturated rings. The van der Waals surface area contributed by atoms with Crippen LogP contribution in [0.1, 0.15) is 45.7 Å². The van der Waals surface area contributed by atoms with Crippen molar-refractivity contribution in [3.8, 4) is 5.75 Å². The van der Waals surface area contributed by atoms with Crippen molar-refractivity contribution in [2.75, 3.05) is 0 Å². The molecule has 2 nitrogen and oxygen atoms in total. The molecule has 2 aromatic rings. The SMILES string of the molecule is CCC(CC)(CC)c1ccc2cccc(O)c2n1. The Hall–Kier alpha value is -1.57. The third-order valence-corrected chi connectivity index (χ3v) is 4.27. The van der Waals surface area contributed by atoms with Crippen molar-refractivity contribution in [2.24, 2.45) is 0 Å². The highest BCUT2D eigenvalue weighted by Crippen LogP contribution is 2.35. The first-order valence-electron chi connectivity index (χ1n) is 6.76. The van der Waals surface area contributed by atoms with Crippen LogP contribution < -0.4 is 0 Å². The second-order valence-electron chi connectivity index (χ2n) is 4.89. The molecule has 2 heteroatoms. The summed E-state index contributed by atoms with van der Waals surface area (Å²) in [5.41, 5.74) is 1.95. The lowest BCUT2D eigenvalue weighted by Gasteiger charge is -2.30. The van der Waals surface area contributed by atoms with Crippen molar-refractivity contribution in [3.63, 3.8) is 0 Å². The van der Waals surface area contributed by atoms with E-state index in [-0.39, 0.29) is 11.2 Å². The third kappa shape index (κ3) is 1.96. The molecule has 1 aromatic heterocycles. The number of aromatic nitrogens is 1. The van der Waals surface area contributed by atoms with Gasteiger partial charge in [0.2, 0.25) is 0 Å². The molecule has 0 saturated heterocycles. The van der Waals surface area contributed by atoms with E-state index in [0.29, 0.717) is 0 Å². The first-order chi connectivity index (χ1) is 8.66. The average Bonchev–Trinajstić information content (AvgIpc) is 2.42. The van der Waals surface area contributed by atoms with Crippen molar-refractivity contribution >= 4 is 10.9 Å². The lowest BCUT2D eigenvalue weighted by Crippen LogP contribution is -2.24. The fraction of sp³-hybridized carbons (Fsp3) is 0.438. The van der Waals surface area contributed by atoms with E-state index in [0.717, 1.165) is 35.9 Å². The summed E-state index contributed by atoms with van der Waals surface area (Å²) in [5.74, 6) is 0.270. The summed E-state index contributed by atoms with van der Waals surface area (Å²) in [4.78, 5) is 4.71. The van der Waals surface area contributed by atoms with Crippen LogP contribution in [0, 0.1) is 0 Å². The first kappa shape index (κ1) is 12.9. The molecule has 0 aliphatic heterocycles. The van der Waals surface area contributed by atoms with E-state index in [9.17, 15) is 5.11 Å². The number of phenolic OH excluding ortho intramolecular Hbond substituents is 1. The molecule has 0 unspecified atom stereocenters. The Labute approximate surface area is 109 Å². The number of para-hydroxylation sites is 1. The van der Waals surface area contributed by atoms with Crippen LogP contribution in [0.25, 0.3) is 10.9 Å². The minimum atomic E-state index is 0.135. The van der Waals surface area contributed by atoms with E-state index in [1.807, 2.05) is 12.1 Å². The van der Waals surface area contributed by atoms with Crippen molar-refractivity contribution in [1.82, 2.24) is 4.98 Å². The quantitative estimate of drug-likeness (QED) is 0.863. The van der Waals surface area contributed by atoms with Gasteiger partial charge < -0.3 is 5.11 Å². The van der Waals surface area contributed by atoms with Gasteiger partial charge in [0, 0.05) is 16.5 Å². The molecule has 2 rings (SSSR count). The van der Waals surface area contributed by atoms with Crippen LogP contribution in [0.5, 0.6) is 5.75 Å². The minimum absolute atomic E-state index is 0.135. The summed E-state index contributed by atoms with van der Waals surface area (Å²) in [6, 6.07) is 9.71. The first-order valence-corrected chi connectivity index (χ1v) is 6.76. The third-order valence-electron chi connectivity index (χ3n) is 4.27. The van der Waals surface area contributed by atoms with E-state index in [2.05, 4.69) is 32.9 Å². The Morgan fingerprint density at radius 2 is 1.67 bits per heavy atom. The predicted octanol–water partition coefficient (Wildman–Crippen LogP) is 4.41. The molecule has 0 spiro atoms. The Bertz CT molecular complexity index is 536. The van der Waals surface area contributed by atoms with Gasteiger partial charge in [-0.05, 0) is 31.4 Å². The van der Waals surface area contributed by atoms with Crippen molar-refractivity contribution in [2.45, 2.75) is 45.4 Å². The van der Waals surface area contributed by atoms with Gasteiger partial charge in [-0.3, -0.25) is 0 Å². The second kappa shape index (κ2) is 4.97. The van der Waals surface area contributed by atoms with Crippen LogP contribution in [0.15, 0.2) is 30.3 Å². The number of hydrogen-bond acceptors (Lipinski definition) is 2. The fourth-order valence-electron chi connectivity index (χ4n) is 2.72. The number of phenols is 1. The molecule has 0 radical (unpaired) electrons. The Balaban J connectivity index is 2.62. The van der Waals surface area contributed by atoms with E-state index in [4.69, 9.17) is 4.98 Å². The fourth-order valence-corrected chi connectivity index (χ4v) is 2.72. The van der Waals surface area contributed by atoms with Gasteiger partial charge in [0.15, 0.2) is 0 Å². The van der Waals surface area contributed by atoms with Crippen LogP contribution in [-0.4, -0.2) is 10.1 Å². The van der Waals surface area contributed by atoms with E-state index in [1.54, 1.807) is 6.07 Å². The molecule has 0 bridgehead atoms. The van der Waals surface area contributed by atoms with Crippen LogP contribution >= 0.6 is 0 Å². The standard InChI is InChI=1S/C16H21NO/c1-4-16(5-2,6-3)14-11-10-12-8-7-9-13(18)15(12)17-14/h7-11,18H,4-6H2,1-3H3. The Morgan fingerprint density at radius 1 is 1.00 bits per heavy atom. The van der Waals surface area contributed by atoms with E-state index in [1.165, 1.54) is 0 Å². The molecular formula is C16H21NO. The maximum Gasteiger partial charge on any atom is 0.141 e. The number of rotatable bonds is 4. The topological polar surface area (TPSA) is 33.1 Å². The van der Waals surface area contributed by atoms with Gasteiger partial charge in [0.25, 0.3) is 0 Å². The molecule has 1 heterocycles. The molecular weight excluding hydrogens is 222 g/mol. The van der Waals surface area contributed by atoms with Crippen LogP contribution in [0.2, 0.25) is 0 Å². The van der Waals surface area contributed by atoms with Gasteiger partial charge in [-0.1, -0.05) is 39.0 Å². The number of pyridine rings is 1. The van der Waals surface area contributed by atoms with Gasteiger partial charge in [-0.15, -0.1) is 0 Å². The number of hydrogen-bond donors (Lipinski definition) is 1. The Morgan fingerprint density at radius 3 is 2.28 bits per heavy atom. The lowest BCUT2D eigenvalue weighted by molar-refractivity contribution is 0.371. The van der Waals surface area contributed by atoms with Crippen LogP contribution in [0.4, 0.5) is 0 Å². The number of fused-ring (bicyclic) bond motifs is 1. The zero-order valence-electron chi connectivity index (χ0n) is 11.4. The van der Waals surface area contributed by atoms with Gasteiger partial charge in [0.05, 0.1) is 0 Å². The van der Waals surface area contributed by atoms with Gasteiger partial charge in [0.1, 0.15) is 11.3 Å². The summed E-state index contributed by atoms with van der Waals surface area (Å²) in [7, 11) is 0. The average molecular weight is 243 g/mol. The highest BCUT2D eigenvalue weighted by Gasteiger charge is 2.28. The lowest BCUT2D eigenvalue weighted by atomic mass is 9.76. The zero-order valence-corrected chi connectivity index (χ0v) is 11.4.